The van der Waals surface area contributed by atoms with E-state index in [9.17, 15) is 8.42 Å². The minimum Gasteiger partial charge on any atom is -0.382 e. The second kappa shape index (κ2) is 32.3. The topological polar surface area (TPSA) is 311 Å². The van der Waals surface area contributed by atoms with Gasteiger partial charge in [0.2, 0.25) is 0 Å². The van der Waals surface area contributed by atoms with Crippen molar-refractivity contribution in [2.24, 2.45) is 0 Å². The number of methoxy groups -OCH3 is 16. The van der Waals surface area contributed by atoms with Gasteiger partial charge in [-0.3, -0.25) is 0 Å². The van der Waals surface area contributed by atoms with Gasteiger partial charge in [0.05, 0.1) is 39.6 Å². The van der Waals surface area contributed by atoms with Gasteiger partial charge in [0.15, 0.2) is 37.7 Å². The van der Waals surface area contributed by atoms with E-state index in [-0.39, 0.29) is 26.4 Å². The fourth-order valence-corrected chi connectivity index (χ4v) is 13.4. The van der Waals surface area contributed by atoms with Crippen LogP contribution in [0.5, 0.6) is 0 Å². The van der Waals surface area contributed by atoms with Gasteiger partial charge in [0.1, 0.15) is 146 Å². The average molecular weight is 1260 g/mol. The second-order valence-electron chi connectivity index (χ2n) is 21.1. The van der Waals surface area contributed by atoms with Crippen molar-refractivity contribution >= 4 is 10.4 Å². The molecule has 0 aromatic rings. The molecule has 0 aromatic carbocycles. The van der Waals surface area contributed by atoms with Crippen LogP contribution >= 0.6 is 0 Å². The normalized spacial score (nSPS) is 47.2. The summed E-state index contributed by atoms with van der Waals surface area (Å²) in [6, 6.07) is 0. The lowest BCUT2D eigenvalue weighted by atomic mass is 9.94. The van der Waals surface area contributed by atoms with E-state index in [4.69, 9.17) is 141 Å². The molecule has 30 unspecified atom stereocenters. The van der Waals surface area contributed by atoms with Crippen LogP contribution in [-0.4, -0.2) is 346 Å². The van der Waals surface area contributed by atoms with Crippen LogP contribution in [0.1, 0.15) is 0 Å². The van der Waals surface area contributed by atoms with E-state index in [0.717, 1.165) is 0 Å². The fraction of sp³-hybridized carbons (Fsp3) is 1.00. The van der Waals surface area contributed by atoms with Crippen molar-refractivity contribution < 1.29 is 149 Å². The van der Waals surface area contributed by atoms with E-state index in [1.165, 1.54) is 114 Å². The average Bonchev–Trinajstić information content (AvgIpc) is 2.04. The van der Waals surface area contributed by atoms with Gasteiger partial charge in [-0.15, -0.1) is 0 Å². The Morgan fingerprint density at radius 2 is 0.447 bits per heavy atom. The Kier molecular flexibility index (Phi) is 26.5. The molecule has 20 aliphatic heterocycles. The van der Waals surface area contributed by atoms with E-state index >= 15 is 0 Å². The fourth-order valence-electron chi connectivity index (χ4n) is 12.7. The van der Waals surface area contributed by atoms with Gasteiger partial charge in [-0.25, -0.2) is 8.37 Å². The van der Waals surface area contributed by atoms with Crippen molar-refractivity contribution in [3.8, 4) is 0 Å². The quantitative estimate of drug-likeness (QED) is 0.124. The van der Waals surface area contributed by atoms with Gasteiger partial charge in [-0.1, -0.05) is 0 Å². The monoisotopic (exact) mass is 1260 g/mol. The summed E-state index contributed by atoms with van der Waals surface area (Å²) in [5.74, 6) is 0. The number of hydrogen-bond acceptors (Lipinski definition) is 32. The summed E-state index contributed by atoms with van der Waals surface area (Å²) < 4.78 is 218. The molecule has 0 aromatic heterocycles. The zero-order valence-corrected chi connectivity index (χ0v) is 51.9. The van der Waals surface area contributed by atoms with Crippen molar-refractivity contribution in [3.05, 3.63) is 0 Å². The molecule has 32 nitrogen and oxygen atoms in total. The van der Waals surface area contributed by atoms with Crippen molar-refractivity contribution in [3.63, 3.8) is 0 Å². The minimum atomic E-state index is -4.87. The highest BCUT2D eigenvalue weighted by Gasteiger charge is 2.61. The van der Waals surface area contributed by atoms with Gasteiger partial charge in [-0.05, 0) is 0 Å². The molecule has 0 radical (unpaired) electrons. The third-order valence-electron chi connectivity index (χ3n) is 16.6. The summed E-state index contributed by atoms with van der Waals surface area (Å²) in [6.45, 7) is -1.66. The molecule has 0 spiro atoms. The molecule has 0 aliphatic carbocycles. The number of ether oxygens (including phenoxy) is 28. The Labute approximate surface area is 496 Å². The first kappa shape index (κ1) is 69.6. The first-order chi connectivity index (χ1) is 41.2. The minimum absolute atomic E-state index is 0.0471. The van der Waals surface area contributed by atoms with Crippen molar-refractivity contribution in [2.45, 2.75) is 184 Å². The molecule has 20 aliphatic rings. The first-order valence-electron chi connectivity index (χ1n) is 27.9. The van der Waals surface area contributed by atoms with Crippen molar-refractivity contribution in [2.75, 3.05) is 153 Å². The van der Waals surface area contributed by atoms with E-state index < -0.39 is 208 Å². The second-order valence-corrected chi connectivity index (χ2v) is 22.4. The molecule has 496 valence electrons. The molecule has 0 amide bonds. The van der Waals surface area contributed by atoms with Gasteiger partial charge in [0, 0.05) is 114 Å². The molecule has 30 atom stereocenters. The van der Waals surface area contributed by atoms with Gasteiger partial charge in [-0.2, -0.15) is 8.42 Å². The highest BCUT2D eigenvalue weighted by Crippen LogP contribution is 2.42. The summed E-state index contributed by atoms with van der Waals surface area (Å²) in [6.07, 6.45) is -33.7. The molecule has 0 saturated carbocycles. The van der Waals surface area contributed by atoms with E-state index in [0.29, 0.717) is 0 Å². The lowest BCUT2D eigenvalue weighted by Gasteiger charge is -2.53. The van der Waals surface area contributed by atoms with Crippen LogP contribution in [0.3, 0.4) is 0 Å². The Bertz CT molecular complexity index is 2060. The molecule has 20 rings (SSSR count). The SMILES string of the molecule is COCC1OC2OC3C(COC)OC(OC4C5COS(=O)(=O)OCC6OC(OC7C(COC)OC(OC8C(COC)OC(OC1C(OC)C2OC)C(OC)C8OC)C(OC)C7OC)C(OC)C(OC)C6OC(O5)C(OC)C4OC)C(OC)C3OC. The predicted octanol–water partition coefficient (Wildman–Crippen LogP) is -2.28. The Hall–Kier alpha value is -1.25. The highest BCUT2D eigenvalue weighted by atomic mass is 32.3. The Morgan fingerprint density at radius 1 is 0.259 bits per heavy atom. The highest BCUT2D eigenvalue weighted by molar-refractivity contribution is 7.81. The summed E-state index contributed by atoms with van der Waals surface area (Å²) >= 11 is 0. The van der Waals surface area contributed by atoms with Gasteiger partial charge < -0.3 is 133 Å². The molecular weight excluding hydrogens is 1170 g/mol. The van der Waals surface area contributed by atoms with Crippen LogP contribution in [0.15, 0.2) is 0 Å². The summed E-state index contributed by atoms with van der Waals surface area (Å²) in [5.41, 5.74) is 0. The Balaban J connectivity index is 1.26. The lowest BCUT2D eigenvalue weighted by Crippen LogP contribution is -2.70. The van der Waals surface area contributed by atoms with E-state index in [1.54, 1.807) is 0 Å². The van der Waals surface area contributed by atoms with E-state index in [2.05, 4.69) is 0 Å². The molecule has 33 heteroatoms. The van der Waals surface area contributed by atoms with Crippen LogP contribution in [-0.2, 0) is 151 Å². The predicted molar refractivity (Wildman–Crippen MR) is 279 cm³/mol. The maximum atomic E-state index is 13.9. The summed E-state index contributed by atoms with van der Waals surface area (Å²) in [5, 5.41) is 0. The number of hydrogen-bond donors (Lipinski definition) is 0. The third-order valence-corrected chi connectivity index (χ3v) is 17.5. The summed E-state index contributed by atoms with van der Waals surface area (Å²) in [7, 11) is 18.5. The maximum Gasteiger partial charge on any atom is 0.400 e. The van der Waals surface area contributed by atoms with Gasteiger partial charge >= 0.3 is 10.4 Å². The zero-order chi connectivity index (χ0) is 61.3. The molecule has 14 bridgehead atoms. The van der Waals surface area contributed by atoms with Gasteiger partial charge in [0.25, 0.3) is 0 Å². The summed E-state index contributed by atoms with van der Waals surface area (Å²) in [4.78, 5) is 0. The standard InChI is InChI=1S/C52H90O32S/c1-55-17-23-29-35(59-5)42(66-12)48(74-23)81-31-25(19-57-3)76-50(44(68-14)37(31)61-7)83-33-27-21-71-85(53,54)72-22-28-34(84-52(78-27)46(70-16)39(33)63-9)40(64-10)45(69-15)51(77-28)82-32-26(20-58-4)75-49(43(67-13)38(32)62-8)80-30-24(18-56-2)73-47(79-29)41(65-11)36(30)60-6/h23-52H,17-22H2,1-16H3. The van der Waals surface area contributed by atoms with Crippen LogP contribution in [0.4, 0.5) is 0 Å². The molecule has 20 heterocycles. The largest absolute Gasteiger partial charge is 0.400 e. The first-order valence-corrected chi connectivity index (χ1v) is 29.2. The van der Waals surface area contributed by atoms with E-state index in [1.807, 2.05) is 0 Å². The Morgan fingerprint density at radius 3 is 0.647 bits per heavy atom. The molecule has 85 heavy (non-hydrogen) atoms. The van der Waals surface area contributed by atoms with Crippen LogP contribution in [0.25, 0.3) is 0 Å². The van der Waals surface area contributed by atoms with Crippen LogP contribution < -0.4 is 0 Å². The van der Waals surface area contributed by atoms with Crippen molar-refractivity contribution in [1.29, 1.82) is 0 Å². The molecule has 0 N–H and O–H groups in total. The lowest BCUT2D eigenvalue weighted by molar-refractivity contribution is -0.409. The molecule has 20 saturated heterocycles. The van der Waals surface area contributed by atoms with Crippen molar-refractivity contribution in [1.82, 2.24) is 0 Å². The molecular formula is C52H90O32S. The maximum absolute atomic E-state index is 13.9. The van der Waals surface area contributed by atoms with Crippen LogP contribution in [0.2, 0.25) is 0 Å². The molecule has 20 fully saturated rings. The zero-order valence-electron chi connectivity index (χ0n) is 51.0. The smallest absolute Gasteiger partial charge is 0.382 e. The third kappa shape index (κ3) is 14.8. The number of rotatable bonds is 20. The van der Waals surface area contributed by atoms with Crippen LogP contribution in [0, 0.1) is 0 Å².